The van der Waals surface area contributed by atoms with Crippen molar-refractivity contribution in [3.63, 3.8) is 0 Å². The molecule has 1 N–H and O–H groups in total. The average molecular weight is 550 g/mol. The third-order valence-corrected chi connectivity index (χ3v) is 7.65. The van der Waals surface area contributed by atoms with Gasteiger partial charge in [-0.15, -0.1) is 0 Å². The highest BCUT2D eigenvalue weighted by Gasteiger charge is 2.30. The summed E-state index contributed by atoms with van der Waals surface area (Å²) in [5.74, 6) is -0.383. The predicted molar refractivity (Wildman–Crippen MR) is 157 cm³/mol. The predicted octanol–water partition coefficient (Wildman–Crippen LogP) is 4.71. The van der Waals surface area contributed by atoms with Gasteiger partial charge in [0.05, 0.1) is 11.9 Å². The number of rotatable bonds is 14. The lowest BCUT2D eigenvalue weighted by Crippen LogP contribution is -2.50. The standard InChI is InChI=1S/C31H39N3O4S/c1-4-20-32-31(36)29(23-26-14-7-5-8-15-26)33(24-27-16-9-6-10-17-27)30(35)19-12-21-34(39(3,37)38)28-18-11-13-25(2)22-28/h5-11,13-18,22,29H,4,12,19-21,23-24H2,1-3H3,(H,32,36)/t29-/m0/s1. The number of hydrogen-bond acceptors (Lipinski definition) is 4. The first-order valence-corrected chi connectivity index (χ1v) is 15.2. The fraction of sp³-hybridized carbons (Fsp3) is 0.355. The molecule has 7 nitrogen and oxygen atoms in total. The van der Waals surface area contributed by atoms with E-state index in [0.717, 1.165) is 23.1 Å². The van der Waals surface area contributed by atoms with E-state index < -0.39 is 16.1 Å². The van der Waals surface area contributed by atoms with E-state index in [1.165, 1.54) is 10.6 Å². The van der Waals surface area contributed by atoms with Gasteiger partial charge in [0.2, 0.25) is 21.8 Å². The maximum atomic E-state index is 13.8. The van der Waals surface area contributed by atoms with Gasteiger partial charge < -0.3 is 10.2 Å². The lowest BCUT2D eigenvalue weighted by molar-refractivity contribution is -0.141. The summed E-state index contributed by atoms with van der Waals surface area (Å²) in [6, 6.07) is 25.9. The molecule has 0 aromatic heterocycles. The summed E-state index contributed by atoms with van der Waals surface area (Å²) in [6.07, 6.45) is 2.77. The zero-order valence-corrected chi connectivity index (χ0v) is 23.9. The first-order chi connectivity index (χ1) is 18.7. The molecule has 0 aliphatic carbocycles. The zero-order valence-electron chi connectivity index (χ0n) is 23.0. The Labute approximate surface area is 232 Å². The number of anilines is 1. The molecule has 8 heteroatoms. The third-order valence-electron chi connectivity index (χ3n) is 6.46. The summed E-state index contributed by atoms with van der Waals surface area (Å²) < 4.78 is 26.5. The smallest absolute Gasteiger partial charge is 0.243 e. The quantitative estimate of drug-likeness (QED) is 0.316. The minimum atomic E-state index is -3.54. The molecule has 0 radical (unpaired) electrons. The molecule has 0 aliphatic heterocycles. The van der Waals surface area contributed by atoms with Crippen LogP contribution in [0.5, 0.6) is 0 Å². The largest absolute Gasteiger partial charge is 0.354 e. The van der Waals surface area contributed by atoms with E-state index in [4.69, 9.17) is 0 Å². The number of benzene rings is 3. The van der Waals surface area contributed by atoms with E-state index in [2.05, 4.69) is 5.32 Å². The van der Waals surface area contributed by atoms with Gasteiger partial charge in [-0.05, 0) is 48.6 Å². The Morgan fingerprint density at radius 3 is 2.13 bits per heavy atom. The van der Waals surface area contributed by atoms with E-state index in [1.54, 1.807) is 11.0 Å². The Bertz CT molecular complexity index is 1310. The fourth-order valence-corrected chi connectivity index (χ4v) is 5.44. The highest BCUT2D eigenvalue weighted by molar-refractivity contribution is 7.92. The van der Waals surface area contributed by atoms with E-state index in [-0.39, 0.29) is 31.3 Å². The van der Waals surface area contributed by atoms with Crippen LogP contribution in [-0.2, 0) is 32.6 Å². The average Bonchev–Trinajstić information content (AvgIpc) is 2.92. The van der Waals surface area contributed by atoms with E-state index in [0.29, 0.717) is 25.1 Å². The van der Waals surface area contributed by atoms with Crippen molar-refractivity contribution in [1.29, 1.82) is 0 Å². The van der Waals surface area contributed by atoms with Gasteiger partial charge in [0.15, 0.2) is 0 Å². The van der Waals surface area contributed by atoms with Crippen LogP contribution in [0.1, 0.15) is 42.9 Å². The molecule has 1 atom stereocenters. The first-order valence-electron chi connectivity index (χ1n) is 13.4. The third kappa shape index (κ3) is 9.25. The summed E-state index contributed by atoms with van der Waals surface area (Å²) >= 11 is 0. The fourth-order valence-electron chi connectivity index (χ4n) is 4.49. The SMILES string of the molecule is CCCNC(=O)[C@H](Cc1ccccc1)N(Cc1ccccc1)C(=O)CCCN(c1cccc(C)c1)S(C)(=O)=O. The molecule has 0 unspecified atom stereocenters. The molecular formula is C31H39N3O4S. The van der Waals surface area contributed by atoms with Crippen molar-refractivity contribution < 1.29 is 18.0 Å². The summed E-state index contributed by atoms with van der Waals surface area (Å²) in [4.78, 5) is 28.8. The zero-order chi connectivity index (χ0) is 28.3. The molecule has 3 rings (SSSR count). The van der Waals surface area contributed by atoms with E-state index in [1.807, 2.05) is 92.7 Å². The van der Waals surface area contributed by atoms with Crippen molar-refractivity contribution in [3.8, 4) is 0 Å². The summed E-state index contributed by atoms with van der Waals surface area (Å²) in [7, 11) is -3.54. The molecule has 0 saturated carbocycles. The highest BCUT2D eigenvalue weighted by Crippen LogP contribution is 2.21. The Morgan fingerprint density at radius 1 is 0.897 bits per heavy atom. The van der Waals surface area contributed by atoms with Gasteiger partial charge in [-0.3, -0.25) is 13.9 Å². The maximum absolute atomic E-state index is 13.8. The van der Waals surface area contributed by atoms with Crippen LogP contribution in [0, 0.1) is 6.92 Å². The van der Waals surface area contributed by atoms with Crippen LogP contribution < -0.4 is 9.62 Å². The number of aryl methyl sites for hydroxylation is 1. The molecule has 3 aromatic carbocycles. The molecule has 0 fully saturated rings. The molecule has 3 aromatic rings. The second-order valence-corrected chi connectivity index (χ2v) is 11.7. The molecule has 2 amide bonds. The van der Waals surface area contributed by atoms with Crippen LogP contribution >= 0.6 is 0 Å². The maximum Gasteiger partial charge on any atom is 0.243 e. The second-order valence-electron chi connectivity index (χ2n) is 9.78. The Kier molecular flexibility index (Phi) is 11.1. The lowest BCUT2D eigenvalue weighted by Gasteiger charge is -2.32. The minimum absolute atomic E-state index is 0.108. The second kappa shape index (κ2) is 14.5. The van der Waals surface area contributed by atoms with Crippen molar-refractivity contribution in [1.82, 2.24) is 10.2 Å². The van der Waals surface area contributed by atoms with Gasteiger partial charge in [-0.25, -0.2) is 8.42 Å². The lowest BCUT2D eigenvalue weighted by atomic mass is 10.0. The van der Waals surface area contributed by atoms with E-state index >= 15 is 0 Å². The van der Waals surface area contributed by atoms with Crippen LogP contribution in [-0.4, -0.2) is 50.5 Å². The molecule has 0 aliphatic rings. The van der Waals surface area contributed by atoms with Gasteiger partial charge in [-0.1, -0.05) is 79.7 Å². The van der Waals surface area contributed by atoms with Gasteiger partial charge in [0, 0.05) is 32.5 Å². The van der Waals surface area contributed by atoms with E-state index in [9.17, 15) is 18.0 Å². The van der Waals surface area contributed by atoms with Gasteiger partial charge in [-0.2, -0.15) is 0 Å². The summed E-state index contributed by atoms with van der Waals surface area (Å²) in [5.41, 5.74) is 3.41. The van der Waals surface area contributed by atoms with Crippen LogP contribution in [0.25, 0.3) is 0 Å². The number of sulfonamides is 1. The molecule has 0 bridgehead atoms. The highest BCUT2D eigenvalue weighted by atomic mass is 32.2. The molecule has 208 valence electrons. The van der Waals surface area contributed by atoms with Gasteiger partial charge in [0.1, 0.15) is 6.04 Å². The minimum Gasteiger partial charge on any atom is -0.354 e. The summed E-state index contributed by atoms with van der Waals surface area (Å²) in [5, 5.41) is 2.97. The molecule has 0 heterocycles. The van der Waals surface area contributed by atoms with Crippen molar-refractivity contribution in [2.45, 2.75) is 52.1 Å². The van der Waals surface area contributed by atoms with Crippen molar-refractivity contribution in [3.05, 3.63) is 102 Å². The number of hydrogen-bond donors (Lipinski definition) is 1. The Hall–Kier alpha value is -3.65. The molecular weight excluding hydrogens is 510 g/mol. The first kappa shape index (κ1) is 29.9. The Balaban J connectivity index is 1.84. The molecule has 0 saturated heterocycles. The number of carbonyl (C=O) groups is 2. The topological polar surface area (TPSA) is 86.8 Å². The Morgan fingerprint density at radius 2 is 1.54 bits per heavy atom. The normalized spacial score (nSPS) is 12.0. The number of nitrogens with one attached hydrogen (secondary N) is 1. The summed E-state index contributed by atoms with van der Waals surface area (Å²) in [6.45, 7) is 4.87. The number of carbonyl (C=O) groups excluding carboxylic acids is 2. The molecule has 0 spiro atoms. The van der Waals surface area contributed by atoms with Gasteiger partial charge in [0.25, 0.3) is 0 Å². The van der Waals surface area contributed by atoms with Crippen molar-refractivity contribution in [2.24, 2.45) is 0 Å². The van der Waals surface area contributed by atoms with Crippen LogP contribution in [0.3, 0.4) is 0 Å². The van der Waals surface area contributed by atoms with Crippen LogP contribution in [0.2, 0.25) is 0 Å². The van der Waals surface area contributed by atoms with Crippen LogP contribution in [0.4, 0.5) is 5.69 Å². The monoisotopic (exact) mass is 549 g/mol. The number of amides is 2. The van der Waals surface area contributed by atoms with Crippen molar-refractivity contribution in [2.75, 3.05) is 23.7 Å². The molecule has 39 heavy (non-hydrogen) atoms. The van der Waals surface area contributed by atoms with Gasteiger partial charge >= 0.3 is 0 Å². The van der Waals surface area contributed by atoms with Crippen LogP contribution in [0.15, 0.2) is 84.9 Å². The van der Waals surface area contributed by atoms with Crippen molar-refractivity contribution >= 4 is 27.5 Å². The number of nitrogens with zero attached hydrogens (tertiary/aromatic N) is 2.